The van der Waals surface area contributed by atoms with E-state index in [2.05, 4.69) is 10.3 Å². The Morgan fingerprint density at radius 1 is 1.18 bits per heavy atom. The van der Waals surface area contributed by atoms with Crippen molar-refractivity contribution in [1.29, 1.82) is 0 Å². The van der Waals surface area contributed by atoms with E-state index in [1.165, 1.54) is 41.2 Å². The first-order valence-electron chi connectivity index (χ1n) is 7.84. The molecule has 2 N–H and O–H groups in total. The van der Waals surface area contributed by atoms with E-state index in [4.69, 9.17) is 38.5 Å². The SMILES string of the molecule is N/C(=N\OC(=O)c1ccn(COc2ccc(Cl)cc2Cl)n1)c1ccc(F)cc1. The molecule has 0 aliphatic heterocycles. The van der Waals surface area contributed by atoms with Crippen molar-refractivity contribution < 1.29 is 18.8 Å². The predicted octanol–water partition coefficient (Wildman–Crippen LogP) is 3.84. The predicted molar refractivity (Wildman–Crippen MR) is 102 cm³/mol. The Balaban J connectivity index is 1.59. The van der Waals surface area contributed by atoms with Crippen LogP contribution in [0, 0.1) is 5.82 Å². The number of carbonyl (C=O) groups is 1. The lowest BCUT2D eigenvalue weighted by atomic mass is 10.2. The van der Waals surface area contributed by atoms with Gasteiger partial charge in [-0.15, -0.1) is 0 Å². The van der Waals surface area contributed by atoms with Gasteiger partial charge in [0.05, 0.1) is 5.02 Å². The molecule has 0 bridgehead atoms. The number of oxime groups is 1. The van der Waals surface area contributed by atoms with Crippen molar-refractivity contribution >= 4 is 35.0 Å². The minimum atomic E-state index is -0.812. The minimum Gasteiger partial charge on any atom is -0.470 e. The van der Waals surface area contributed by atoms with E-state index in [0.717, 1.165) is 0 Å². The van der Waals surface area contributed by atoms with Gasteiger partial charge in [0.2, 0.25) is 0 Å². The zero-order valence-corrected chi connectivity index (χ0v) is 15.7. The number of benzene rings is 2. The second-order valence-corrected chi connectivity index (χ2v) is 6.29. The number of nitrogens with two attached hydrogens (primary N) is 1. The maximum Gasteiger partial charge on any atom is 0.385 e. The van der Waals surface area contributed by atoms with Crippen LogP contribution in [0.25, 0.3) is 0 Å². The van der Waals surface area contributed by atoms with Gasteiger partial charge in [0.25, 0.3) is 0 Å². The largest absolute Gasteiger partial charge is 0.470 e. The summed E-state index contributed by atoms with van der Waals surface area (Å²) in [6.07, 6.45) is 1.52. The Morgan fingerprint density at radius 3 is 2.64 bits per heavy atom. The fourth-order valence-corrected chi connectivity index (χ4v) is 2.54. The van der Waals surface area contributed by atoms with Crippen LogP contribution in [0.4, 0.5) is 4.39 Å². The average molecular weight is 423 g/mol. The fraction of sp³-hybridized carbons (Fsp3) is 0.0556. The van der Waals surface area contributed by atoms with E-state index in [9.17, 15) is 9.18 Å². The molecule has 10 heteroatoms. The number of amidine groups is 1. The quantitative estimate of drug-likeness (QED) is 0.282. The van der Waals surface area contributed by atoms with Gasteiger partial charge in [-0.2, -0.15) is 5.10 Å². The van der Waals surface area contributed by atoms with E-state index in [-0.39, 0.29) is 18.3 Å². The third-order valence-electron chi connectivity index (χ3n) is 3.46. The molecule has 0 saturated heterocycles. The van der Waals surface area contributed by atoms with Crippen LogP contribution in [0.1, 0.15) is 16.1 Å². The standard InChI is InChI=1S/C18H13Cl2FN4O3/c19-12-3-6-16(14(20)9-12)27-10-25-8-7-15(23-25)18(26)28-24-17(22)11-1-4-13(21)5-2-11/h1-9H,10H2,(H2,22,24). The lowest BCUT2D eigenvalue weighted by molar-refractivity contribution is 0.0507. The molecule has 0 fully saturated rings. The fourth-order valence-electron chi connectivity index (χ4n) is 2.08. The number of halogens is 3. The number of rotatable bonds is 6. The van der Waals surface area contributed by atoms with Gasteiger partial charge in [-0.3, -0.25) is 0 Å². The van der Waals surface area contributed by atoms with Gasteiger partial charge in [-0.05, 0) is 48.5 Å². The summed E-state index contributed by atoms with van der Waals surface area (Å²) < 4.78 is 19.8. The third kappa shape index (κ3) is 4.99. The number of hydrogen-bond acceptors (Lipinski definition) is 5. The molecular weight excluding hydrogens is 410 g/mol. The molecule has 3 rings (SSSR count). The normalized spacial score (nSPS) is 11.3. The van der Waals surface area contributed by atoms with E-state index in [0.29, 0.717) is 21.4 Å². The smallest absolute Gasteiger partial charge is 0.385 e. The molecule has 0 atom stereocenters. The molecule has 2 aromatic carbocycles. The molecule has 1 aromatic heterocycles. The van der Waals surface area contributed by atoms with Crippen LogP contribution in [0.3, 0.4) is 0 Å². The molecular formula is C18H13Cl2FN4O3. The maximum atomic E-state index is 12.9. The first-order chi connectivity index (χ1) is 13.4. The molecule has 144 valence electrons. The van der Waals surface area contributed by atoms with Gasteiger partial charge < -0.3 is 15.3 Å². The van der Waals surface area contributed by atoms with Crippen LogP contribution in [0.15, 0.2) is 59.9 Å². The second kappa shape index (κ2) is 8.73. The lowest BCUT2D eigenvalue weighted by Gasteiger charge is -2.08. The van der Waals surface area contributed by atoms with Gasteiger partial charge in [0.1, 0.15) is 11.6 Å². The number of nitrogens with zero attached hydrogens (tertiary/aromatic N) is 3. The van der Waals surface area contributed by atoms with Crippen LogP contribution in [-0.2, 0) is 11.6 Å². The van der Waals surface area contributed by atoms with Crippen molar-refractivity contribution in [3.8, 4) is 5.75 Å². The summed E-state index contributed by atoms with van der Waals surface area (Å²) in [5.74, 6) is -0.884. The van der Waals surface area contributed by atoms with Gasteiger partial charge in [-0.1, -0.05) is 28.4 Å². The van der Waals surface area contributed by atoms with Gasteiger partial charge in [0, 0.05) is 16.8 Å². The van der Waals surface area contributed by atoms with Crippen molar-refractivity contribution in [3.63, 3.8) is 0 Å². The monoisotopic (exact) mass is 422 g/mol. The van der Waals surface area contributed by atoms with Crippen LogP contribution in [0.2, 0.25) is 10.0 Å². The molecule has 28 heavy (non-hydrogen) atoms. The summed E-state index contributed by atoms with van der Waals surface area (Å²) in [5, 5.41) is 8.40. The van der Waals surface area contributed by atoms with Gasteiger partial charge in [0.15, 0.2) is 18.3 Å². The average Bonchev–Trinajstić information content (AvgIpc) is 3.15. The van der Waals surface area contributed by atoms with E-state index in [1.807, 2.05) is 0 Å². The molecule has 0 spiro atoms. The Morgan fingerprint density at radius 2 is 1.93 bits per heavy atom. The third-order valence-corrected chi connectivity index (χ3v) is 3.99. The zero-order chi connectivity index (χ0) is 20.1. The molecule has 0 aliphatic carbocycles. The van der Waals surface area contributed by atoms with Gasteiger partial charge >= 0.3 is 5.97 Å². The minimum absolute atomic E-state index is 0.00135. The molecule has 0 saturated carbocycles. The highest BCUT2D eigenvalue weighted by molar-refractivity contribution is 6.35. The maximum absolute atomic E-state index is 12.9. The Kier molecular flexibility index (Phi) is 6.13. The summed E-state index contributed by atoms with van der Waals surface area (Å²) in [7, 11) is 0. The number of hydrogen-bond donors (Lipinski definition) is 1. The Bertz CT molecular complexity index is 1020. The highest BCUT2D eigenvalue weighted by Gasteiger charge is 2.13. The highest BCUT2D eigenvalue weighted by atomic mass is 35.5. The molecule has 0 radical (unpaired) electrons. The van der Waals surface area contributed by atoms with E-state index >= 15 is 0 Å². The van der Waals surface area contributed by atoms with E-state index < -0.39 is 11.8 Å². The molecule has 0 unspecified atom stereocenters. The van der Waals surface area contributed by atoms with Gasteiger partial charge in [-0.25, -0.2) is 13.9 Å². The summed E-state index contributed by atoms with van der Waals surface area (Å²) in [6.45, 7) is 0.00954. The first kappa shape index (κ1) is 19.7. The molecule has 3 aromatic rings. The van der Waals surface area contributed by atoms with Crippen LogP contribution in [-0.4, -0.2) is 21.6 Å². The summed E-state index contributed by atoms with van der Waals surface area (Å²) in [6, 6.07) is 11.5. The Hall–Kier alpha value is -3.10. The van der Waals surface area contributed by atoms with Crippen LogP contribution >= 0.6 is 23.2 Å². The van der Waals surface area contributed by atoms with Crippen molar-refractivity contribution in [2.24, 2.45) is 10.9 Å². The topological polar surface area (TPSA) is 91.7 Å². The molecule has 0 aliphatic rings. The highest BCUT2D eigenvalue weighted by Crippen LogP contribution is 2.27. The molecule has 1 heterocycles. The number of ether oxygens (including phenoxy) is 1. The number of aromatic nitrogens is 2. The van der Waals surface area contributed by atoms with E-state index in [1.54, 1.807) is 18.2 Å². The summed E-state index contributed by atoms with van der Waals surface area (Å²) in [4.78, 5) is 16.8. The summed E-state index contributed by atoms with van der Waals surface area (Å²) in [5.41, 5.74) is 6.11. The lowest BCUT2D eigenvalue weighted by Crippen LogP contribution is -2.15. The van der Waals surface area contributed by atoms with Crippen LogP contribution in [0.5, 0.6) is 5.75 Å². The molecule has 7 nitrogen and oxygen atoms in total. The Labute approximate surface area is 169 Å². The summed E-state index contributed by atoms with van der Waals surface area (Å²) >= 11 is 11.8. The van der Waals surface area contributed by atoms with Crippen LogP contribution < -0.4 is 10.5 Å². The van der Waals surface area contributed by atoms with Crippen molar-refractivity contribution in [2.75, 3.05) is 0 Å². The van der Waals surface area contributed by atoms with Crippen molar-refractivity contribution in [3.05, 3.63) is 81.8 Å². The second-order valence-electron chi connectivity index (χ2n) is 5.45. The first-order valence-corrected chi connectivity index (χ1v) is 8.60. The zero-order valence-electron chi connectivity index (χ0n) is 14.2. The number of carbonyl (C=O) groups excluding carboxylic acids is 1. The van der Waals surface area contributed by atoms with Crippen molar-refractivity contribution in [1.82, 2.24) is 9.78 Å². The van der Waals surface area contributed by atoms with Crippen molar-refractivity contribution in [2.45, 2.75) is 6.73 Å². The molecule has 0 amide bonds.